The van der Waals surface area contributed by atoms with Gasteiger partial charge in [-0.05, 0) is 39.5 Å². The molecule has 16 heavy (non-hydrogen) atoms. The zero-order valence-electron chi connectivity index (χ0n) is 10.6. The summed E-state index contributed by atoms with van der Waals surface area (Å²) in [7, 11) is 0. The van der Waals surface area contributed by atoms with Gasteiger partial charge >= 0.3 is 6.09 Å². The molecule has 0 bridgehead atoms. The lowest BCUT2D eigenvalue weighted by Crippen LogP contribution is -2.46. The van der Waals surface area contributed by atoms with E-state index >= 15 is 0 Å². The van der Waals surface area contributed by atoms with Gasteiger partial charge in [0.25, 0.3) is 0 Å². The van der Waals surface area contributed by atoms with E-state index in [-0.39, 0.29) is 18.4 Å². The van der Waals surface area contributed by atoms with Crippen molar-refractivity contribution >= 4 is 6.09 Å². The van der Waals surface area contributed by atoms with Crippen molar-refractivity contribution in [2.75, 3.05) is 13.2 Å². The van der Waals surface area contributed by atoms with Gasteiger partial charge in [-0.15, -0.1) is 0 Å². The number of piperidine rings is 1. The van der Waals surface area contributed by atoms with Gasteiger partial charge in [0, 0.05) is 13.2 Å². The molecule has 4 nitrogen and oxygen atoms in total. The van der Waals surface area contributed by atoms with Crippen molar-refractivity contribution < 1.29 is 14.3 Å². The molecule has 1 aliphatic heterocycles. The van der Waals surface area contributed by atoms with Gasteiger partial charge in [-0.1, -0.05) is 6.92 Å². The second kappa shape index (κ2) is 6.74. The second-order valence-corrected chi connectivity index (χ2v) is 4.20. The van der Waals surface area contributed by atoms with Crippen molar-refractivity contribution in [1.82, 2.24) is 4.90 Å². The van der Waals surface area contributed by atoms with E-state index in [0.717, 1.165) is 32.2 Å². The fourth-order valence-electron chi connectivity index (χ4n) is 1.80. The van der Waals surface area contributed by atoms with Crippen LogP contribution in [0, 0.1) is 0 Å². The van der Waals surface area contributed by atoms with Gasteiger partial charge in [-0.2, -0.15) is 0 Å². The third-order valence-corrected chi connectivity index (χ3v) is 2.92. The molecule has 0 saturated carbocycles. The van der Waals surface area contributed by atoms with E-state index in [1.165, 1.54) is 0 Å². The molecule has 0 aromatic carbocycles. The lowest BCUT2D eigenvalue weighted by atomic mass is 10.1. The van der Waals surface area contributed by atoms with Gasteiger partial charge in [0.1, 0.15) is 12.3 Å². The van der Waals surface area contributed by atoms with Gasteiger partial charge in [0.15, 0.2) is 0 Å². The topological polar surface area (TPSA) is 38.8 Å². The summed E-state index contributed by atoms with van der Waals surface area (Å²) in [6.07, 6.45) is 3.60. The number of nitrogens with zero attached hydrogens (tertiary/aromatic N) is 1. The maximum atomic E-state index is 11.9. The molecule has 1 amide bonds. The third-order valence-electron chi connectivity index (χ3n) is 2.92. The molecule has 0 aliphatic carbocycles. The summed E-state index contributed by atoms with van der Waals surface area (Å²) >= 11 is 0. The molecule has 1 heterocycles. The lowest BCUT2D eigenvalue weighted by Gasteiger charge is -2.34. The second-order valence-electron chi connectivity index (χ2n) is 4.20. The highest BCUT2D eigenvalue weighted by Gasteiger charge is 2.28. The molecule has 1 aliphatic rings. The third kappa shape index (κ3) is 3.67. The van der Waals surface area contributed by atoms with E-state index in [9.17, 15) is 4.79 Å². The number of likely N-dealkylation sites (tertiary alicyclic amines) is 1. The molecule has 0 aromatic heterocycles. The molecular formula is C12H23NO3. The van der Waals surface area contributed by atoms with Crippen LogP contribution >= 0.6 is 0 Å². The number of amides is 1. The van der Waals surface area contributed by atoms with Crippen molar-refractivity contribution in [3.8, 4) is 0 Å². The average molecular weight is 229 g/mol. The van der Waals surface area contributed by atoms with E-state index in [4.69, 9.17) is 9.47 Å². The summed E-state index contributed by atoms with van der Waals surface area (Å²) in [6.45, 7) is 7.26. The number of hydrogen-bond donors (Lipinski definition) is 0. The standard InChI is InChI=1S/C12H23NO3/c1-4-10(3)16-12(14)13-9-7-6-8-11(13)15-5-2/h10-11H,4-9H2,1-3H3. The predicted octanol–water partition coefficient (Wildman–Crippen LogP) is 2.77. The Morgan fingerprint density at radius 2 is 2.19 bits per heavy atom. The molecule has 1 saturated heterocycles. The Hall–Kier alpha value is -0.770. The van der Waals surface area contributed by atoms with Crippen LogP contribution in [0.2, 0.25) is 0 Å². The molecule has 0 spiro atoms. The van der Waals surface area contributed by atoms with Crippen molar-refractivity contribution in [3.05, 3.63) is 0 Å². The first-order chi connectivity index (χ1) is 7.69. The lowest BCUT2D eigenvalue weighted by molar-refractivity contribution is -0.0718. The number of carbonyl (C=O) groups excluding carboxylic acids is 1. The quantitative estimate of drug-likeness (QED) is 0.744. The maximum Gasteiger partial charge on any atom is 0.412 e. The Kier molecular flexibility index (Phi) is 5.60. The summed E-state index contributed by atoms with van der Waals surface area (Å²) in [4.78, 5) is 13.6. The molecule has 0 radical (unpaired) electrons. The highest BCUT2D eigenvalue weighted by atomic mass is 16.6. The van der Waals surface area contributed by atoms with Gasteiger partial charge in [-0.3, -0.25) is 4.90 Å². The van der Waals surface area contributed by atoms with E-state index < -0.39 is 0 Å². The first kappa shape index (κ1) is 13.3. The zero-order chi connectivity index (χ0) is 12.0. The van der Waals surface area contributed by atoms with E-state index in [1.807, 2.05) is 20.8 Å². The summed E-state index contributed by atoms with van der Waals surface area (Å²) in [5.41, 5.74) is 0. The summed E-state index contributed by atoms with van der Waals surface area (Å²) in [5, 5.41) is 0. The number of rotatable bonds is 4. The van der Waals surface area contributed by atoms with Crippen LogP contribution in [0.15, 0.2) is 0 Å². The van der Waals surface area contributed by atoms with Gasteiger partial charge in [-0.25, -0.2) is 4.79 Å². The van der Waals surface area contributed by atoms with Crippen molar-refractivity contribution in [1.29, 1.82) is 0 Å². The van der Waals surface area contributed by atoms with E-state index in [2.05, 4.69) is 0 Å². The Morgan fingerprint density at radius 3 is 2.81 bits per heavy atom. The van der Waals surface area contributed by atoms with Gasteiger partial charge in [0.05, 0.1) is 0 Å². The maximum absolute atomic E-state index is 11.9. The number of ether oxygens (including phenoxy) is 2. The molecule has 2 atom stereocenters. The summed E-state index contributed by atoms with van der Waals surface area (Å²) in [5.74, 6) is 0. The van der Waals surface area contributed by atoms with Crippen LogP contribution in [0.25, 0.3) is 0 Å². The Morgan fingerprint density at radius 1 is 1.44 bits per heavy atom. The van der Waals surface area contributed by atoms with Crippen LogP contribution in [0.5, 0.6) is 0 Å². The van der Waals surface area contributed by atoms with Crippen molar-refractivity contribution in [2.45, 2.75) is 58.8 Å². The fourth-order valence-corrected chi connectivity index (χ4v) is 1.80. The smallest absolute Gasteiger partial charge is 0.412 e. The van der Waals surface area contributed by atoms with E-state index in [0.29, 0.717) is 6.61 Å². The molecule has 0 N–H and O–H groups in total. The number of carbonyl (C=O) groups is 1. The zero-order valence-corrected chi connectivity index (χ0v) is 10.6. The SMILES string of the molecule is CCOC1CCCCN1C(=O)OC(C)CC. The number of hydrogen-bond acceptors (Lipinski definition) is 3. The average Bonchev–Trinajstić information content (AvgIpc) is 2.30. The minimum atomic E-state index is -0.229. The van der Waals surface area contributed by atoms with Crippen LogP contribution in [0.3, 0.4) is 0 Å². The van der Waals surface area contributed by atoms with Crippen LogP contribution in [0.4, 0.5) is 4.79 Å². The predicted molar refractivity (Wildman–Crippen MR) is 62.2 cm³/mol. The van der Waals surface area contributed by atoms with E-state index in [1.54, 1.807) is 4.90 Å². The monoisotopic (exact) mass is 229 g/mol. The van der Waals surface area contributed by atoms with Gasteiger partial charge in [0.2, 0.25) is 0 Å². The Balaban J connectivity index is 2.50. The Labute approximate surface area is 97.9 Å². The highest BCUT2D eigenvalue weighted by molar-refractivity contribution is 5.68. The highest BCUT2D eigenvalue weighted by Crippen LogP contribution is 2.19. The first-order valence-corrected chi connectivity index (χ1v) is 6.27. The fraction of sp³-hybridized carbons (Fsp3) is 0.917. The molecule has 1 fully saturated rings. The van der Waals surface area contributed by atoms with Gasteiger partial charge < -0.3 is 9.47 Å². The molecule has 1 rings (SSSR count). The molecule has 4 heteroatoms. The Bertz CT molecular complexity index is 218. The van der Waals surface area contributed by atoms with Crippen LogP contribution in [-0.4, -0.2) is 36.5 Å². The van der Waals surface area contributed by atoms with Crippen LogP contribution < -0.4 is 0 Å². The molecule has 2 unspecified atom stereocenters. The molecular weight excluding hydrogens is 206 g/mol. The molecule has 94 valence electrons. The minimum Gasteiger partial charge on any atom is -0.446 e. The minimum absolute atomic E-state index is 0.0169. The largest absolute Gasteiger partial charge is 0.446 e. The van der Waals surface area contributed by atoms with Crippen molar-refractivity contribution in [3.63, 3.8) is 0 Å². The first-order valence-electron chi connectivity index (χ1n) is 6.27. The summed E-state index contributed by atoms with van der Waals surface area (Å²) in [6, 6.07) is 0. The van der Waals surface area contributed by atoms with Crippen LogP contribution in [0.1, 0.15) is 46.5 Å². The van der Waals surface area contributed by atoms with Crippen LogP contribution in [-0.2, 0) is 9.47 Å². The van der Waals surface area contributed by atoms with Crippen molar-refractivity contribution in [2.24, 2.45) is 0 Å². The molecule has 0 aromatic rings. The normalized spacial score (nSPS) is 22.9. The summed E-state index contributed by atoms with van der Waals surface area (Å²) < 4.78 is 10.9.